The van der Waals surface area contributed by atoms with E-state index in [1.54, 1.807) is 38.1 Å². The van der Waals surface area contributed by atoms with Crippen molar-refractivity contribution in [2.45, 2.75) is 31.5 Å². The molecule has 0 fully saturated rings. The number of sulfone groups is 1. The van der Waals surface area contributed by atoms with Crippen LogP contribution in [0.5, 0.6) is 0 Å². The molecule has 4 nitrogen and oxygen atoms in total. The molecule has 0 bridgehead atoms. The van der Waals surface area contributed by atoms with Gasteiger partial charge < -0.3 is 0 Å². The molecule has 1 aromatic heterocycles. The van der Waals surface area contributed by atoms with Crippen LogP contribution in [0, 0.1) is 6.92 Å². The molecule has 0 atom stereocenters. The Labute approximate surface area is 161 Å². The molecule has 0 unspecified atom stereocenters. The summed E-state index contributed by atoms with van der Waals surface area (Å²) in [6.45, 7) is 3.39. The van der Waals surface area contributed by atoms with Gasteiger partial charge in [0.25, 0.3) is 0 Å². The highest BCUT2D eigenvalue weighted by atomic mass is 32.2. The minimum absolute atomic E-state index is 0.000411. The monoisotopic (exact) mass is 408 g/mol. The van der Waals surface area contributed by atoms with Gasteiger partial charge in [0.15, 0.2) is 15.5 Å². The van der Waals surface area contributed by atoms with Gasteiger partial charge in [0.2, 0.25) is 0 Å². The van der Waals surface area contributed by atoms with Crippen LogP contribution in [-0.2, 0) is 22.6 Å². The minimum atomic E-state index is -4.59. The van der Waals surface area contributed by atoms with Crippen LogP contribution in [0.2, 0.25) is 0 Å². The smallest absolute Gasteiger partial charge is 0.260 e. The van der Waals surface area contributed by atoms with Crippen LogP contribution >= 0.6 is 0 Å². The Morgan fingerprint density at radius 3 is 2.14 bits per heavy atom. The third kappa shape index (κ3) is 3.69. The topological polar surface area (TPSA) is 52.0 Å². The van der Waals surface area contributed by atoms with Crippen molar-refractivity contribution in [3.8, 4) is 22.4 Å². The van der Waals surface area contributed by atoms with E-state index in [4.69, 9.17) is 0 Å². The van der Waals surface area contributed by atoms with E-state index in [0.29, 0.717) is 16.7 Å². The molecule has 0 saturated carbocycles. The Morgan fingerprint density at radius 2 is 1.64 bits per heavy atom. The average Bonchev–Trinajstić information content (AvgIpc) is 3.01. The van der Waals surface area contributed by atoms with E-state index in [-0.39, 0.29) is 22.7 Å². The van der Waals surface area contributed by atoms with Crippen LogP contribution in [0.25, 0.3) is 22.4 Å². The molecular formula is C20H19F3N2O2S. The summed E-state index contributed by atoms with van der Waals surface area (Å²) < 4.78 is 66.1. The predicted molar refractivity (Wildman–Crippen MR) is 102 cm³/mol. The van der Waals surface area contributed by atoms with Crippen molar-refractivity contribution in [3.63, 3.8) is 0 Å². The number of halogens is 3. The Kier molecular flexibility index (Phi) is 5.10. The SMILES string of the molecule is CCn1nc(-c2ccc(S(C)(=O)=O)cc2)c(-c2ccccc2C)c1C(F)(F)F. The van der Waals surface area contributed by atoms with Gasteiger partial charge in [0.1, 0.15) is 5.69 Å². The highest BCUT2D eigenvalue weighted by Gasteiger charge is 2.40. The van der Waals surface area contributed by atoms with Gasteiger partial charge in [-0.05, 0) is 37.1 Å². The normalized spacial score (nSPS) is 12.4. The largest absolute Gasteiger partial charge is 0.433 e. The molecule has 0 aliphatic heterocycles. The number of benzene rings is 2. The number of hydrogen-bond acceptors (Lipinski definition) is 3. The molecule has 2 aromatic carbocycles. The highest BCUT2D eigenvalue weighted by Crippen LogP contribution is 2.43. The molecule has 3 rings (SSSR count). The fourth-order valence-electron chi connectivity index (χ4n) is 3.15. The van der Waals surface area contributed by atoms with E-state index in [2.05, 4.69) is 5.10 Å². The molecule has 1 heterocycles. The summed E-state index contributed by atoms with van der Waals surface area (Å²) in [5, 5.41) is 4.22. The van der Waals surface area contributed by atoms with E-state index in [0.717, 1.165) is 10.9 Å². The molecule has 0 amide bonds. The second kappa shape index (κ2) is 7.09. The maximum absolute atomic E-state index is 13.9. The minimum Gasteiger partial charge on any atom is -0.260 e. The van der Waals surface area contributed by atoms with Crippen molar-refractivity contribution >= 4 is 9.84 Å². The molecule has 8 heteroatoms. The van der Waals surface area contributed by atoms with Crippen LogP contribution in [-0.4, -0.2) is 24.5 Å². The Bertz CT molecular complexity index is 1120. The molecule has 0 saturated heterocycles. The lowest BCUT2D eigenvalue weighted by Gasteiger charge is -2.13. The number of rotatable bonds is 4. The summed E-state index contributed by atoms with van der Waals surface area (Å²) in [5.74, 6) is 0. The zero-order chi connectivity index (χ0) is 20.7. The molecule has 0 N–H and O–H groups in total. The van der Waals surface area contributed by atoms with Gasteiger partial charge in [-0.1, -0.05) is 36.4 Å². The molecule has 0 radical (unpaired) electrons. The Morgan fingerprint density at radius 1 is 1.04 bits per heavy atom. The van der Waals surface area contributed by atoms with Gasteiger partial charge in [-0.15, -0.1) is 0 Å². The number of nitrogens with zero attached hydrogens (tertiary/aromatic N) is 2. The summed E-state index contributed by atoms with van der Waals surface area (Å²) in [6, 6.07) is 12.6. The van der Waals surface area contributed by atoms with E-state index in [9.17, 15) is 21.6 Å². The van der Waals surface area contributed by atoms with Crippen molar-refractivity contribution in [2.75, 3.05) is 6.26 Å². The van der Waals surface area contributed by atoms with Crippen molar-refractivity contribution in [1.29, 1.82) is 0 Å². The van der Waals surface area contributed by atoms with Crippen LogP contribution < -0.4 is 0 Å². The predicted octanol–water partition coefficient (Wildman–Crippen LogP) is 4.97. The van der Waals surface area contributed by atoms with Crippen molar-refractivity contribution in [2.24, 2.45) is 0 Å². The lowest BCUT2D eigenvalue weighted by Crippen LogP contribution is -2.15. The van der Waals surface area contributed by atoms with Crippen molar-refractivity contribution in [1.82, 2.24) is 9.78 Å². The first-order chi connectivity index (χ1) is 13.0. The van der Waals surface area contributed by atoms with E-state index in [1.165, 1.54) is 24.3 Å². The zero-order valence-corrected chi connectivity index (χ0v) is 16.4. The Hall–Kier alpha value is -2.61. The van der Waals surface area contributed by atoms with Crippen LogP contribution in [0.15, 0.2) is 53.4 Å². The van der Waals surface area contributed by atoms with Gasteiger partial charge in [-0.25, -0.2) is 8.42 Å². The van der Waals surface area contributed by atoms with Gasteiger partial charge in [0, 0.05) is 23.9 Å². The van der Waals surface area contributed by atoms with E-state index < -0.39 is 21.7 Å². The summed E-state index contributed by atoms with van der Waals surface area (Å²) >= 11 is 0. The zero-order valence-electron chi connectivity index (χ0n) is 15.6. The van der Waals surface area contributed by atoms with Gasteiger partial charge in [-0.2, -0.15) is 18.3 Å². The highest BCUT2D eigenvalue weighted by molar-refractivity contribution is 7.90. The number of alkyl halides is 3. The number of aromatic nitrogens is 2. The summed E-state index contributed by atoms with van der Waals surface area (Å²) in [4.78, 5) is 0.0969. The molecule has 28 heavy (non-hydrogen) atoms. The standard InChI is InChI=1S/C20H19F3N2O2S/c1-4-25-19(20(21,22)23)17(16-8-6-5-7-13(16)2)18(24-25)14-9-11-15(12-10-14)28(3,26)27/h5-12H,4H2,1-3H3. The fraction of sp³-hybridized carbons (Fsp3) is 0.250. The second-order valence-electron chi connectivity index (χ2n) is 6.50. The van der Waals surface area contributed by atoms with E-state index in [1.807, 2.05) is 0 Å². The first-order valence-electron chi connectivity index (χ1n) is 8.58. The quantitative estimate of drug-likeness (QED) is 0.613. The van der Waals surface area contributed by atoms with Crippen molar-refractivity contribution in [3.05, 3.63) is 59.8 Å². The molecule has 148 valence electrons. The lowest BCUT2D eigenvalue weighted by molar-refractivity contribution is -0.143. The van der Waals surface area contributed by atoms with Crippen LogP contribution in [0.4, 0.5) is 13.2 Å². The lowest BCUT2D eigenvalue weighted by atomic mass is 9.95. The van der Waals surface area contributed by atoms with Crippen LogP contribution in [0.3, 0.4) is 0 Å². The van der Waals surface area contributed by atoms with E-state index >= 15 is 0 Å². The third-order valence-electron chi connectivity index (χ3n) is 4.49. The molecule has 0 spiro atoms. The average molecular weight is 408 g/mol. The number of hydrogen-bond donors (Lipinski definition) is 0. The summed E-state index contributed by atoms with van der Waals surface area (Å²) in [7, 11) is -3.41. The first kappa shape index (κ1) is 20.1. The molecule has 0 aliphatic carbocycles. The van der Waals surface area contributed by atoms with Gasteiger partial charge >= 0.3 is 6.18 Å². The maximum Gasteiger partial charge on any atom is 0.433 e. The third-order valence-corrected chi connectivity index (χ3v) is 5.62. The fourth-order valence-corrected chi connectivity index (χ4v) is 3.78. The molecule has 3 aromatic rings. The maximum atomic E-state index is 13.9. The molecule has 0 aliphatic rings. The van der Waals surface area contributed by atoms with Gasteiger partial charge in [-0.3, -0.25) is 4.68 Å². The second-order valence-corrected chi connectivity index (χ2v) is 8.51. The Balaban J connectivity index is 2.33. The summed E-state index contributed by atoms with van der Waals surface area (Å²) in [6.07, 6.45) is -3.51. The first-order valence-corrected chi connectivity index (χ1v) is 10.5. The van der Waals surface area contributed by atoms with Gasteiger partial charge in [0.05, 0.1) is 4.90 Å². The molecular weight excluding hydrogens is 389 g/mol. The summed E-state index contributed by atoms with van der Waals surface area (Å²) in [5.41, 5.74) is 0.910. The van der Waals surface area contributed by atoms with Crippen LogP contribution in [0.1, 0.15) is 18.2 Å². The van der Waals surface area contributed by atoms with Crippen molar-refractivity contribution < 1.29 is 21.6 Å². The number of aryl methyl sites for hydroxylation is 2.